The topological polar surface area (TPSA) is 97.6 Å². The molecule has 1 amide bonds. The maximum Gasteiger partial charge on any atom is 0.254 e. The van der Waals surface area contributed by atoms with Gasteiger partial charge in [-0.3, -0.25) is 4.79 Å². The van der Waals surface area contributed by atoms with E-state index in [9.17, 15) is 13.2 Å². The second-order valence-corrected chi connectivity index (χ2v) is 9.37. The Hall–Kier alpha value is -2.96. The standard InChI is InChI=1S/C21H23N5O3S/c22-16-17-6-7-23-20(14-17)24-10-12-25(13-11-24)21(27)18-4-3-5-19(15-18)30(28,29)26-8-1-2-9-26/h3-7,14-15H,1-2,8-13H2. The Kier molecular flexibility index (Phi) is 5.70. The van der Waals surface area contributed by atoms with Crippen LogP contribution in [0.4, 0.5) is 5.82 Å². The molecular formula is C21H23N5O3S. The number of nitrogens with zero attached hydrogens (tertiary/aromatic N) is 5. The first-order chi connectivity index (χ1) is 14.5. The maximum absolute atomic E-state index is 13.0. The number of pyridine rings is 1. The van der Waals surface area contributed by atoms with Crippen molar-refractivity contribution in [3.63, 3.8) is 0 Å². The number of anilines is 1. The molecule has 1 aromatic carbocycles. The van der Waals surface area contributed by atoms with Crippen LogP contribution in [0.25, 0.3) is 0 Å². The fourth-order valence-electron chi connectivity index (χ4n) is 3.85. The molecule has 0 aliphatic carbocycles. The highest BCUT2D eigenvalue weighted by Crippen LogP contribution is 2.23. The van der Waals surface area contributed by atoms with E-state index in [1.54, 1.807) is 41.4 Å². The summed E-state index contributed by atoms with van der Waals surface area (Å²) in [7, 11) is -3.56. The fraction of sp³-hybridized carbons (Fsp3) is 0.381. The average Bonchev–Trinajstić information content (AvgIpc) is 3.35. The summed E-state index contributed by atoms with van der Waals surface area (Å²) >= 11 is 0. The van der Waals surface area contributed by atoms with Gasteiger partial charge in [0.1, 0.15) is 5.82 Å². The van der Waals surface area contributed by atoms with E-state index in [-0.39, 0.29) is 10.8 Å². The number of sulfonamides is 1. The van der Waals surface area contributed by atoms with E-state index < -0.39 is 10.0 Å². The van der Waals surface area contributed by atoms with Crippen molar-refractivity contribution in [3.8, 4) is 6.07 Å². The molecule has 0 atom stereocenters. The normalized spacial score (nSPS) is 17.7. The van der Waals surface area contributed by atoms with Crippen molar-refractivity contribution in [2.75, 3.05) is 44.2 Å². The van der Waals surface area contributed by atoms with Gasteiger partial charge >= 0.3 is 0 Å². The number of rotatable bonds is 4. The minimum Gasteiger partial charge on any atom is -0.353 e. The molecule has 0 saturated carbocycles. The molecule has 2 fully saturated rings. The molecule has 3 heterocycles. The first-order valence-electron chi connectivity index (χ1n) is 9.99. The Labute approximate surface area is 176 Å². The van der Waals surface area contributed by atoms with Gasteiger partial charge in [0.2, 0.25) is 10.0 Å². The largest absolute Gasteiger partial charge is 0.353 e. The van der Waals surface area contributed by atoms with Crippen molar-refractivity contribution >= 4 is 21.7 Å². The van der Waals surface area contributed by atoms with Crippen LogP contribution in [0.1, 0.15) is 28.8 Å². The van der Waals surface area contributed by atoms with E-state index in [0.717, 1.165) is 18.7 Å². The monoisotopic (exact) mass is 425 g/mol. The Balaban J connectivity index is 1.45. The summed E-state index contributed by atoms with van der Waals surface area (Å²) in [5, 5.41) is 9.06. The van der Waals surface area contributed by atoms with E-state index in [1.165, 1.54) is 10.4 Å². The van der Waals surface area contributed by atoms with Crippen LogP contribution >= 0.6 is 0 Å². The van der Waals surface area contributed by atoms with Crippen LogP contribution in [0.3, 0.4) is 0 Å². The lowest BCUT2D eigenvalue weighted by molar-refractivity contribution is 0.0746. The van der Waals surface area contributed by atoms with Gasteiger partial charge in [-0.2, -0.15) is 9.57 Å². The van der Waals surface area contributed by atoms with Gasteiger partial charge in [0.05, 0.1) is 16.5 Å². The third-order valence-corrected chi connectivity index (χ3v) is 7.44. The molecule has 2 saturated heterocycles. The highest BCUT2D eigenvalue weighted by Gasteiger charge is 2.29. The van der Waals surface area contributed by atoms with Gasteiger partial charge < -0.3 is 9.80 Å². The number of hydrogen-bond donors (Lipinski definition) is 0. The molecule has 156 valence electrons. The van der Waals surface area contributed by atoms with E-state index in [0.29, 0.717) is 50.4 Å². The van der Waals surface area contributed by atoms with E-state index in [2.05, 4.69) is 11.1 Å². The smallest absolute Gasteiger partial charge is 0.254 e. The van der Waals surface area contributed by atoms with Crippen molar-refractivity contribution in [3.05, 3.63) is 53.7 Å². The van der Waals surface area contributed by atoms with Crippen molar-refractivity contribution in [2.45, 2.75) is 17.7 Å². The second kappa shape index (κ2) is 8.42. The molecule has 4 rings (SSSR count). The summed E-state index contributed by atoms with van der Waals surface area (Å²) in [5.74, 6) is 0.548. The zero-order valence-electron chi connectivity index (χ0n) is 16.6. The van der Waals surface area contributed by atoms with Gasteiger partial charge in [0, 0.05) is 51.0 Å². The minimum absolute atomic E-state index is 0.173. The van der Waals surface area contributed by atoms with Gasteiger partial charge in [-0.15, -0.1) is 0 Å². The SMILES string of the molecule is N#Cc1ccnc(N2CCN(C(=O)c3cccc(S(=O)(=O)N4CCCC4)c3)CC2)c1. The third kappa shape index (κ3) is 4.01. The number of hydrogen-bond acceptors (Lipinski definition) is 6. The number of amides is 1. The predicted octanol–water partition coefficient (Wildman–Crippen LogP) is 1.70. The van der Waals surface area contributed by atoms with E-state index in [4.69, 9.17) is 5.26 Å². The lowest BCUT2D eigenvalue weighted by Crippen LogP contribution is -2.49. The molecule has 0 radical (unpaired) electrons. The van der Waals surface area contributed by atoms with Crippen LogP contribution in [0.5, 0.6) is 0 Å². The molecule has 30 heavy (non-hydrogen) atoms. The van der Waals surface area contributed by atoms with Crippen molar-refractivity contribution in [1.82, 2.24) is 14.2 Å². The summed E-state index contributed by atoms with van der Waals surface area (Å²) in [6.07, 6.45) is 3.35. The first kappa shape index (κ1) is 20.3. The molecule has 0 bridgehead atoms. The van der Waals surface area contributed by atoms with Gasteiger partial charge in [0.15, 0.2) is 0 Å². The first-order valence-corrected chi connectivity index (χ1v) is 11.4. The number of nitriles is 1. The van der Waals surface area contributed by atoms with Gasteiger partial charge in [-0.05, 0) is 43.2 Å². The molecule has 1 aromatic heterocycles. The fourth-order valence-corrected chi connectivity index (χ4v) is 5.41. The zero-order chi connectivity index (χ0) is 21.1. The Morgan fingerprint density at radius 1 is 1.00 bits per heavy atom. The molecular weight excluding hydrogens is 402 g/mol. The van der Waals surface area contributed by atoms with Crippen LogP contribution < -0.4 is 4.90 Å². The molecule has 2 aliphatic heterocycles. The minimum atomic E-state index is -3.56. The van der Waals surface area contributed by atoms with Crippen molar-refractivity contribution in [1.29, 1.82) is 5.26 Å². The van der Waals surface area contributed by atoms with Gasteiger partial charge in [-0.1, -0.05) is 6.07 Å². The molecule has 9 heteroatoms. The predicted molar refractivity (Wildman–Crippen MR) is 112 cm³/mol. The Bertz CT molecular complexity index is 1080. The van der Waals surface area contributed by atoms with Crippen LogP contribution in [0, 0.1) is 11.3 Å². The number of aromatic nitrogens is 1. The lowest BCUT2D eigenvalue weighted by atomic mass is 10.2. The van der Waals surface area contributed by atoms with Crippen molar-refractivity contribution in [2.24, 2.45) is 0 Å². The third-order valence-electron chi connectivity index (χ3n) is 5.55. The summed E-state index contributed by atoms with van der Waals surface area (Å²) in [6.45, 7) is 3.26. The number of carbonyl (C=O) groups excluding carboxylic acids is 1. The maximum atomic E-state index is 13.0. The van der Waals surface area contributed by atoms with Gasteiger partial charge in [-0.25, -0.2) is 13.4 Å². The zero-order valence-corrected chi connectivity index (χ0v) is 17.4. The quantitative estimate of drug-likeness (QED) is 0.740. The molecule has 2 aromatic rings. The number of piperazine rings is 1. The average molecular weight is 426 g/mol. The second-order valence-electron chi connectivity index (χ2n) is 7.43. The highest BCUT2D eigenvalue weighted by atomic mass is 32.2. The van der Waals surface area contributed by atoms with Gasteiger partial charge in [0.25, 0.3) is 5.91 Å². The van der Waals surface area contributed by atoms with E-state index >= 15 is 0 Å². The number of carbonyl (C=O) groups is 1. The summed E-state index contributed by atoms with van der Waals surface area (Å²) in [6, 6.07) is 11.8. The summed E-state index contributed by atoms with van der Waals surface area (Å²) < 4.78 is 27.1. The summed E-state index contributed by atoms with van der Waals surface area (Å²) in [5.41, 5.74) is 0.933. The molecule has 2 aliphatic rings. The number of benzene rings is 1. The molecule has 0 unspecified atom stereocenters. The molecule has 0 spiro atoms. The summed E-state index contributed by atoms with van der Waals surface area (Å²) in [4.78, 5) is 21.2. The van der Waals surface area contributed by atoms with Crippen LogP contribution in [-0.2, 0) is 10.0 Å². The Morgan fingerprint density at radius 2 is 1.73 bits per heavy atom. The highest BCUT2D eigenvalue weighted by molar-refractivity contribution is 7.89. The van der Waals surface area contributed by atoms with Crippen LogP contribution in [0.2, 0.25) is 0 Å². The van der Waals surface area contributed by atoms with Crippen LogP contribution in [0.15, 0.2) is 47.5 Å². The lowest BCUT2D eigenvalue weighted by Gasteiger charge is -2.35. The van der Waals surface area contributed by atoms with Crippen molar-refractivity contribution < 1.29 is 13.2 Å². The van der Waals surface area contributed by atoms with Crippen LogP contribution in [-0.4, -0.2) is 67.8 Å². The Morgan fingerprint density at radius 3 is 2.43 bits per heavy atom. The molecule has 8 nitrogen and oxygen atoms in total. The molecule has 0 N–H and O–H groups in total. The van der Waals surface area contributed by atoms with E-state index in [1.807, 2.05) is 4.90 Å².